The molecule has 1 aliphatic rings. The van der Waals surface area contributed by atoms with Gasteiger partial charge in [0.2, 0.25) is 0 Å². The Bertz CT molecular complexity index is 1040. The van der Waals surface area contributed by atoms with Gasteiger partial charge in [0.25, 0.3) is 5.56 Å². The van der Waals surface area contributed by atoms with Crippen LogP contribution in [0.5, 0.6) is 17.4 Å². The van der Waals surface area contributed by atoms with Crippen molar-refractivity contribution in [3.8, 4) is 17.4 Å². The molecule has 32 heavy (non-hydrogen) atoms. The first-order valence-corrected chi connectivity index (χ1v) is 11.1. The molecular weight excluding hydrogens is 412 g/mol. The largest absolute Gasteiger partial charge is 0.859 e. The fourth-order valence-corrected chi connectivity index (χ4v) is 4.04. The summed E-state index contributed by atoms with van der Waals surface area (Å²) in [7, 11) is 3.10. The zero-order valence-corrected chi connectivity index (χ0v) is 18.8. The molecule has 9 heteroatoms. The highest BCUT2D eigenvalue weighted by Gasteiger charge is 2.12. The summed E-state index contributed by atoms with van der Waals surface area (Å²) in [6.45, 7) is 4.14. The van der Waals surface area contributed by atoms with Crippen LogP contribution in [0.25, 0.3) is 0 Å². The molecule has 9 nitrogen and oxygen atoms in total. The third-order valence-electron chi connectivity index (χ3n) is 5.86. The number of ether oxygens (including phenoxy) is 2. The second-order valence-electron chi connectivity index (χ2n) is 8.02. The van der Waals surface area contributed by atoms with Crippen LogP contribution in [0, 0.1) is 0 Å². The Morgan fingerprint density at radius 3 is 2.62 bits per heavy atom. The maximum absolute atomic E-state index is 12.8. The molecule has 2 N–H and O–H groups in total. The molecule has 1 saturated heterocycles. The summed E-state index contributed by atoms with van der Waals surface area (Å²) in [5.74, 6) is 0.548. The highest BCUT2D eigenvalue weighted by Crippen LogP contribution is 2.27. The van der Waals surface area contributed by atoms with Crippen LogP contribution in [0.3, 0.4) is 0 Å². The van der Waals surface area contributed by atoms with E-state index in [0.717, 1.165) is 23.1 Å². The van der Waals surface area contributed by atoms with Crippen LogP contribution in [0.4, 0.5) is 0 Å². The summed E-state index contributed by atoms with van der Waals surface area (Å²) in [6.07, 6.45) is 6.49. The van der Waals surface area contributed by atoms with Crippen LogP contribution >= 0.6 is 0 Å². The van der Waals surface area contributed by atoms with Crippen molar-refractivity contribution < 1.29 is 19.5 Å². The summed E-state index contributed by atoms with van der Waals surface area (Å²) in [5, 5.41) is 12.8. The Morgan fingerprint density at radius 1 is 1.16 bits per heavy atom. The zero-order chi connectivity index (χ0) is 22.9. The lowest BCUT2D eigenvalue weighted by atomic mass is 10.1. The lowest BCUT2D eigenvalue weighted by molar-refractivity contribution is -0.904. The van der Waals surface area contributed by atoms with Crippen molar-refractivity contribution in [1.82, 2.24) is 9.55 Å². The number of benzene rings is 1. The predicted molar refractivity (Wildman–Crippen MR) is 121 cm³/mol. The quantitative estimate of drug-likeness (QED) is 0.388. The third-order valence-corrected chi connectivity index (χ3v) is 5.86. The molecule has 0 amide bonds. The Balaban J connectivity index is 1.65. The van der Waals surface area contributed by atoms with Gasteiger partial charge in [-0.1, -0.05) is 6.07 Å². The number of aliphatic imine (C=N–C) groups is 1. The minimum Gasteiger partial charge on any atom is -0.859 e. The summed E-state index contributed by atoms with van der Waals surface area (Å²) in [4.78, 5) is 32.5. The van der Waals surface area contributed by atoms with Gasteiger partial charge in [-0.15, -0.1) is 0 Å². The van der Waals surface area contributed by atoms with Gasteiger partial charge in [0, 0.05) is 25.7 Å². The Hall–Kier alpha value is -3.07. The van der Waals surface area contributed by atoms with Crippen molar-refractivity contribution in [3.05, 3.63) is 50.2 Å². The van der Waals surface area contributed by atoms with Crippen molar-refractivity contribution in [2.45, 2.75) is 38.6 Å². The number of nitrogens with one attached hydrogen (secondary N) is 2. The molecule has 3 rings (SSSR count). The van der Waals surface area contributed by atoms with E-state index < -0.39 is 17.1 Å². The number of aromatic nitrogens is 2. The molecule has 1 aliphatic heterocycles. The van der Waals surface area contributed by atoms with Gasteiger partial charge >= 0.3 is 5.69 Å². The Labute approximate surface area is 187 Å². The normalized spacial score (nSPS) is 14.7. The van der Waals surface area contributed by atoms with Gasteiger partial charge in [-0.25, -0.2) is 4.79 Å². The number of H-pyrrole nitrogens is 1. The first-order chi connectivity index (χ1) is 15.5. The number of aryl methyl sites for hydroxylation is 1. The van der Waals surface area contributed by atoms with E-state index in [1.165, 1.54) is 38.6 Å². The van der Waals surface area contributed by atoms with Gasteiger partial charge in [0.1, 0.15) is 0 Å². The standard InChI is InChI=1S/C23H32N4O5/c1-31-19-8-7-17(15-20(19)32-2)9-14-27-22(29)18(21(28)25-23(27)30)16-24-10-6-13-26-11-4-3-5-12-26/h7-8,15-16,29H,3-6,9-14H2,1-2H3,(H,25,28,30). The number of piperidine rings is 1. The van der Waals surface area contributed by atoms with Crippen LogP contribution in [0.15, 0.2) is 32.8 Å². The van der Waals surface area contributed by atoms with E-state index in [9.17, 15) is 14.7 Å². The predicted octanol–water partition coefficient (Wildman–Crippen LogP) is -0.252. The molecule has 0 radical (unpaired) electrons. The molecule has 0 saturated carbocycles. The molecule has 1 aromatic carbocycles. The second kappa shape index (κ2) is 11.5. The molecule has 2 aromatic rings. The molecule has 0 aliphatic carbocycles. The number of likely N-dealkylation sites (tertiary alicyclic amines) is 1. The van der Waals surface area contributed by atoms with Crippen LogP contribution < -0.4 is 30.7 Å². The number of rotatable bonds is 10. The van der Waals surface area contributed by atoms with Crippen molar-refractivity contribution in [3.63, 3.8) is 0 Å². The maximum Gasteiger partial charge on any atom is 0.327 e. The molecular formula is C23H32N4O5. The monoisotopic (exact) mass is 444 g/mol. The van der Waals surface area contributed by atoms with Gasteiger partial charge in [0.05, 0.1) is 39.4 Å². The third kappa shape index (κ3) is 6.00. The lowest BCUT2D eigenvalue weighted by Gasteiger charge is -2.23. The van der Waals surface area contributed by atoms with E-state index in [-0.39, 0.29) is 12.1 Å². The van der Waals surface area contributed by atoms with E-state index in [1.807, 2.05) is 6.07 Å². The fraction of sp³-hybridized carbons (Fsp3) is 0.522. The maximum atomic E-state index is 12.8. The van der Waals surface area contributed by atoms with Gasteiger partial charge < -0.3 is 24.0 Å². The number of nitrogens with zero attached hydrogens (tertiary/aromatic N) is 2. The minimum absolute atomic E-state index is 0.109. The first kappa shape index (κ1) is 23.6. The van der Waals surface area contributed by atoms with E-state index >= 15 is 0 Å². The molecule has 0 unspecified atom stereocenters. The highest BCUT2D eigenvalue weighted by molar-refractivity contribution is 5.81. The second-order valence-corrected chi connectivity index (χ2v) is 8.02. The number of hydrogen-bond donors (Lipinski definition) is 2. The molecule has 0 spiro atoms. The molecule has 1 aromatic heterocycles. The topological polar surface area (TPSA) is 113 Å². The summed E-state index contributed by atoms with van der Waals surface area (Å²) in [6, 6.07) is 5.41. The number of quaternary nitrogens is 1. The SMILES string of the molecule is COc1ccc(CCn2c([O-])c(C=NCCC[NH+]3CCCCC3)c(=O)[nH]c2=O)cc1OC. The van der Waals surface area contributed by atoms with E-state index in [4.69, 9.17) is 9.47 Å². The molecule has 174 valence electrons. The lowest BCUT2D eigenvalue weighted by Crippen LogP contribution is -3.12. The summed E-state index contributed by atoms with van der Waals surface area (Å²) < 4.78 is 11.6. The molecule has 0 atom stereocenters. The van der Waals surface area contributed by atoms with Crippen LogP contribution in [0.1, 0.15) is 36.8 Å². The van der Waals surface area contributed by atoms with Crippen molar-refractivity contribution in [2.75, 3.05) is 40.4 Å². The van der Waals surface area contributed by atoms with Crippen LogP contribution in [0.2, 0.25) is 0 Å². The van der Waals surface area contributed by atoms with Gasteiger partial charge in [-0.3, -0.25) is 14.8 Å². The van der Waals surface area contributed by atoms with Crippen LogP contribution in [-0.2, 0) is 13.0 Å². The van der Waals surface area contributed by atoms with Gasteiger partial charge in [-0.2, -0.15) is 0 Å². The highest BCUT2D eigenvalue weighted by atomic mass is 16.5. The molecule has 2 heterocycles. The van der Waals surface area contributed by atoms with Crippen molar-refractivity contribution in [2.24, 2.45) is 4.99 Å². The summed E-state index contributed by atoms with van der Waals surface area (Å²) >= 11 is 0. The van der Waals surface area contributed by atoms with Gasteiger partial charge in [-0.05, 0) is 49.3 Å². The zero-order valence-electron chi connectivity index (χ0n) is 18.8. The summed E-state index contributed by atoms with van der Waals surface area (Å²) in [5.41, 5.74) is -0.656. The van der Waals surface area contributed by atoms with Crippen LogP contribution in [-0.4, -0.2) is 56.2 Å². The van der Waals surface area contributed by atoms with Crippen molar-refractivity contribution in [1.29, 1.82) is 0 Å². The van der Waals surface area contributed by atoms with E-state index in [0.29, 0.717) is 24.5 Å². The van der Waals surface area contributed by atoms with E-state index in [2.05, 4.69) is 9.98 Å². The minimum atomic E-state index is -0.716. The number of aromatic amines is 1. The van der Waals surface area contributed by atoms with Gasteiger partial charge in [0.15, 0.2) is 11.5 Å². The molecule has 1 fully saturated rings. The smallest absolute Gasteiger partial charge is 0.327 e. The average molecular weight is 445 g/mol. The number of hydrogen-bond acceptors (Lipinski definition) is 6. The number of methoxy groups -OCH3 is 2. The molecule has 0 bridgehead atoms. The van der Waals surface area contributed by atoms with Crippen molar-refractivity contribution >= 4 is 6.21 Å². The Kier molecular flexibility index (Phi) is 8.49. The van der Waals surface area contributed by atoms with E-state index in [1.54, 1.807) is 31.3 Å². The fourth-order valence-electron chi connectivity index (χ4n) is 4.04. The Morgan fingerprint density at radius 2 is 1.91 bits per heavy atom. The average Bonchev–Trinajstić information content (AvgIpc) is 2.81. The first-order valence-electron chi connectivity index (χ1n) is 11.1.